The van der Waals surface area contributed by atoms with Crippen LogP contribution in [0.3, 0.4) is 0 Å². The van der Waals surface area contributed by atoms with E-state index in [0.717, 1.165) is 31.2 Å². The van der Waals surface area contributed by atoms with Crippen LogP contribution in [0.1, 0.15) is 37.7 Å². The minimum absolute atomic E-state index is 0.0747. The Morgan fingerprint density at radius 2 is 1.88 bits per heavy atom. The van der Waals surface area contributed by atoms with Gasteiger partial charge in [-0.1, -0.05) is 12.8 Å². The molecule has 1 aromatic rings. The van der Waals surface area contributed by atoms with Crippen molar-refractivity contribution in [3.8, 4) is 0 Å². The zero-order valence-electron chi connectivity index (χ0n) is 14.3. The maximum Gasteiger partial charge on any atom is 0.233 e. The molecule has 1 aromatic heterocycles. The van der Waals surface area contributed by atoms with E-state index < -0.39 is 0 Å². The molecule has 1 saturated heterocycles. The Balaban J connectivity index is 1.54. The van der Waals surface area contributed by atoms with E-state index in [1.807, 2.05) is 13.2 Å². The number of likely N-dealkylation sites (tertiary alicyclic amines) is 1. The van der Waals surface area contributed by atoms with Crippen LogP contribution < -0.4 is 0 Å². The van der Waals surface area contributed by atoms with E-state index in [2.05, 4.69) is 5.10 Å². The Kier molecular flexibility index (Phi) is 4.69. The maximum absolute atomic E-state index is 12.4. The van der Waals surface area contributed by atoms with Crippen molar-refractivity contribution < 1.29 is 14.4 Å². The second kappa shape index (κ2) is 6.75. The molecule has 2 atom stereocenters. The van der Waals surface area contributed by atoms with Crippen LogP contribution in [0.4, 0.5) is 0 Å². The highest BCUT2D eigenvalue weighted by atomic mass is 16.2. The van der Waals surface area contributed by atoms with Crippen molar-refractivity contribution >= 4 is 17.7 Å². The van der Waals surface area contributed by atoms with E-state index in [1.54, 1.807) is 22.8 Å². The minimum atomic E-state index is -0.144. The van der Waals surface area contributed by atoms with Crippen LogP contribution in [0.5, 0.6) is 0 Å². The Labute approximate surface area is 141 Å². The Bertz CT molecular complexity index is 630. The third-order valence-corrected chi connectivity index (χ3v) is 5.09. The van der Waals surface area contributed by atoms with Gasteiger partial charge in [-0.05, 0) is 12.8 Å². The van der Waals surface area contributed by atoms with Gasteiger partial charge in [-0.2, -0.15) is 5.10 Å². The molecule has 2 aliphatic rings. The highest BCUT2D eigenvalue weighted by Gasteiger charge is 2.47. The standard InChI is InChI=1S/C17H24N4O3/c1-19(10-12-9-18-20(2)11-12)15(22)7-8-21-16(23)13-5-3-4-6-14(13)17(21)24/h9,11,13-14H,3-8,10H2,1-2H3/t13-,14-/m1/s1. The molecule has 0 bridgehead atoms. The summed E-state index contributed by atoms with van der Waals surface area (Å²) in [6.07, 6.45) is 7.40. The number of hydrogen-bond acceptors (Lipinski definition) is 4. The maximum atomic E-state index is 12.4. The zero-order chi connectivity index (χ0) is 17.3. The number of carbonyl (C=O) groups is 3. The molecule has 7 nitrogen and oxygen atoms in total. The molecule has 7 heteroatoms. The zero-order valence-corrected chi connectivity index (χ0v) is 14.3. The van der Waals surface area contributed by atoms with Gasteiger partial charge in [0.15, 0.2) is 0 Å². The fraction of sp³-hybridized carbons (Fsp3) is 0.647. The van der Waals surface area contributed by atoms with Gasteiger partial charge in [0.2, 0.25) is 17.7 Å². The van der Waals surface area contributed by atoms with Crippen LogP contribution in [0.25, 0.3) is 0 Å². The SMILES string of the molecule is CN(Cc1cnn(C)c1)C(=O)CCN1C(=O)[C@@H]2CCCC[C@H]2C1=O. The molecule has 3 amide bonds. The molecule has 0 radical (unpaired) electrons. The molecule has 1 saturated carbocycles. The number of hydrogen-bond donors (Lipinski definition) is 0. The van der Waals surface area contributed by atoms with Gasteiger partial charge >= 0.3 is 0 Å². The number of carbonyl (C=O) groups excluding carboxylic acids is 3. The van der Waals surface area contributed by atoms with E-state index in [1.165, 1.54) is 4.90 Å². The molecular formula is C17H24N4O3. The third-order valence-electron chi connectivity index (χ3n) is 5.09. The monoisotopic (exact) mass is 332 g/mol. The summed E-state index contributed by atoms with van der Waals surface area (Å²) in [4.78, 5) is 40.0. The fourth-order valence-corrected chi connectivity index (χ4v) is 3.77. The summed E-state index contributed by atoms with van der Waals surface area (Å²) in [5.41, 5.74) is 0.952. The van der Waals surface area contributed by atoms with Crippen molar-refractivity contribution in [1.82, 2.24) is 19.6 Å². The van der Waals surface area contributed by atoms with Gasteiger partial charge in [0, 0.05) is 45.4 Å². The number of aromatic nitrogens is 2. The minimum Gasteiger partial charge on any atom is -0.341 e. The predicted molar refractivity (Wildman–Crippen MR) is 86.5 cm³/mol. The van der Waals surface area contributed by atoms with Crippen molar-refractivity contribution in [2.75, 3.05) is 13.6 Å². The predicted octanol–water partition coefficient (Wildman–Crippen LogP) is 0.944. The van der Waals surface area contributed by atoms with E-state index in [0.29, 0.717) is 6.54 Å². The molecule has 0 unspecified atom stereocenters. The lowest BCUT2D eigenvalue weighted by Crippen LogP contribution is -2.36. The van der Waals surface area contributed by atoms with Crippen molar-refractivity contribution in [3.05, 3.63) is 18.0 Å². The van der Waals surface area contributed by atoms with Crippen LogP contribution in [0, 0.1) is 11.8 Å². The topological polar surface area (TPSA) is 75.5 Å². The molecule has 130 valence electrons. The van der Waals surface area contributed by atoms with Gasteiger partial charge in [0.1, 0.15) is 0 Å². The van der Waals surface area contributed by atoms with Crippen molar-refractivity contribution in [2.45, 2.75) is 38.6 Å². The molecule has 3 rings (SSSR count). The molecule has 1 aliphatic carbocycles. The fourth-order valence-electron chi connectivity index (χ4n) is 3.77. The highest BCUT2D eigenvalue weighted by molar-refractivity contribution is 6.05. The normalized spacial score (nSPS) is 23.5. The Morgan fingerprint density at radius 1 is 1.25 bits per heavy atom. The number of amides is 3. The quantitative estimate of drug-likeness (QED) is 0.752. The van der Waals surface area contributed by atoms with E-state index >= 15 is 0 Å². The average Bonchev–Trinajstić information content (AvgIpc) is 3.08. The van der Waals surface area contributed by atoms with Crippen molar-refractivity contribution in [1.29, 1.82) is 0 Å². The molecule has 0 spiro atoms. The van der Waals surface area contributed by atoms with Gasteiger partial charge < -0.3 is 4.90 Å². The summed E-state index contributed by atoms with van der Waals surface area (Å²) >= 11 is 0. The van der Waals surface area contributed by atoms with Crippen LogP contribution in [-0.4, -0.2) is 50.9 Å². The third kappa shape index (κ3) is 3.20. The van der Waals surface area contributed by atoms with E-state index in [4.69, 9.17) is 0 Å². The summed E-state index contributed by atoms with van der Waals surface area (Å²) in [6, 6.07) is 0. The molecule has 2 fully saturated rings. The molecule has 2 heterocycles. The number of fused-ring (bicyclic) bond motifs is 1. The molecule has 0 aromatic carbocycles. The largest absolute Gasteiger partial charge is 0.341 e. The number of rotatable bonds is 5. The van der Waals surface area contributed by atoms with Gasteiger partial charge in [-0.15, -0.1) is 0 Å². The van der Waals surface area contributed by atoms with Crippen molar-refractivity contribution in [3.63, 3.8) is 0 Å². The first-order chi connectivity index (χ1) is 11.5. The number of imide groups is 1. The summed E-state index contributed by atoms with van der Waals surface area (Å²) in [6.45, 7) is 0.667. The van der Waals surface area contributed by atoms with Crippen LogP contribution in [-0.2, 0) is 28.0 Å². The first-order valence-electron chi connectivity index (χ1n) is 8.54. The van der Waals surface area contributed by atoms with Crippen LogP contribution in [0.2, 0.25) is 0 Å². The number of nitrogens with zero attached hydrogens (tertiary/aromatic N) is 4. The summed E-state index contributed by atoms with van der Waals surface area (Å²) < 4.78 is 1.69. The van der Waals surface area contributed by atoms with Gasteiger partial charge in [0.05, 0.1) is 18.0 Å². The first kappa shape index (κ1) is 16.7. The molecular weight excluding hydrogens is 308 g/mol. The van der Waals surface area contributed by atoms with E-state index in [-0.39, 0.29) is 42.5 Å². The van der Waals surface area contributed by atoms with E-state index in [9.17, 15) is 14.4 Å². The van der Waals surface area contributed by atoms with Crippen LogP contribution >= 0.6 is 0 Å². The number of aryl methyl sites for hydroxylation is 1. The average molecular weight is 332 g/mol. The smallest absolute Gasteiger partial charge is 0.233 e. The van der Waals surface area contributed by atoms with Gasteiger partial charge in [-0.3, -0.25) is 24.0 Å². The van der Waals surface area contributed by atoms with Gasteiger partial charge in [0.25, 0.3) is 0 Å². The molecule has 0 N–H and O–H groups in total. The summed E-state index contributed by atoms with van der Waals surface area (Å²) in [5, 5.41) is 4.08. The lowest BCUT2D eigenvalue weighted by Gasteiger charge is -2.19. The molecule has 24 heavy (non-hydrogen) atoms. The second-order valence-electron chi connectivity index (χ2n) is 6.85. The summed E-state index contributed by atoms with van der Waals surface area (Å²) in [5.74, 6) is -0.516. The highest BCUT2D eigenvalue weighted by Crippen LogP contribution is 2.37. The van der Waals surface area contributed by atoms with Crippen molar-refractivity contribution in [2.24, 2.45) is 18.9 Å². The molecule has 1 aliphatic heterocycles. The first-order valence-corrected chi connectivity index (χ1v) is 8.54. The lowest BCUT2D eigenvalue weighted by molar-refractivity contribution is -0.140. The van der Waals surface area contributed by atoms with Gasteiger partial charge in [-0.25, -0.2) is 0 Å². The Hall–Kier alpha value is -2.18. The Morgan fingerprint density at radius 3 is 2.42 bits per heavy atom. The van der Waals surface area contributed by atoms with Crippen LogP contribution in [0.15, 0.2) is 12.4 Å². The summed E-state index contributed by atoms with van der Waals surface area (Å²) in [7, 11) is 3.55. The lowest BCUT2D eigenvalue weighted by atomic mass is 9.81. The second-order valence-corrected chi connectivity index (χ2v) is 6.85.